The summed E-state index contributed by atoms with van der Waals surface area (Å²) in [6.07, 6.45) is 2.36. The highest BCUT2D eigenvalue weighted by Gasteiger charge is 2.24. The highest BCUT2D eigenvalue weighted by Crippen LogP contribution is 2.18. The van der Waals surface area contributed by atoms with Crippen molar-refractivity contribution >= 4 is 17.4 Å². The minimum Gasteiger partial charge on any atom is -0.352 e. The van der Waals surface area contributed by atoms with Gasteiger partial charge in [-0.25, -0.2) is 9.97 Å². The number of hydrogen-bond donors (Lipinski definition) is 1. The lowest BCUT2D eigenvalue weighted by Gasteiger charge is -2.36. The van der Waals surface area contributed by atoms with Gasteiger partial charge in [0.15, 0.2) is 0 Å². The lowest BCUT2D eigenvalue weighted by atomic mass is 10.2. The molecular weight excluding hydrogens is 307 g/mol. The van der Waals surface area contributed by atoms with Crippen LogP contribution < -0.4 is 10.2 Å². The molecule has 1 N–H and O–H groups in total. The van der Waals surface area contributed by atoms with Crippen LogP contribution in [0.15, 0.2) is 36.7 Å². The van der Waals surface area contributed by atoms with E-state index in [0.717, 1.165) is 24.8 Å². The Hall–Kier alpha value is -1.76. The van der Waals surface area contributed by atoms with Gasteiger partial charge in [-0.05, 0) is 17.7 Å². The van der Waals surface area contributed by atoms with E-state index in [9.17, 15) is 4.39 Å². The molecule has 1 atom stereocenters. The van der Waals surface area contributed by atoms with Crippen LogP contribution in [0.4, 0.5) is 10.2 Å². The van der Waals surface area contributed by atoms with Crippen LogP contribution in [-0.4, -0.2) is 35.8 Å². The fraction of sp³-hybridized carbons (Fsp3) is 0.333. The van der Waals surface area contributed by atoms with E-state index in [0.29, 0.717) is 24.0 Å². The summed E-state index contributed by atoms with van der Waals surface area (Å²) in [6, 6.07) is 7.56. The summed E-state index contributed by atoms with van der Waals surface area (Å²) in [5.41, 5.74) is 1.00. The standard InChI is InChI=1S/C15H16ClFN4O/c16-12-3-1-2-11(6-12)10-22-15-9-18-4-5-21(15)14-8-19-13(17)7-20-14/h1-3,6-8,15,18H,4-5,9-10H2. The third-order valence-corrected chi connectivity index (χ3v) is 3.66. The second kappa shape index (κ2) is 7.00. The number of hydrogen-bond acceptors (Lipinski definition) is 5. The molecule has 1 unspecified atom stereocenters. The maximum atomic E-state index is 12.9. The van der Waals surface area contributed by atoms with Crippen molar-refractivity contribution in [3.8, 4) is 0 Å². The summed E-state index contributed by atoms with van der Waals surface area (Å²) in [5.74, 6) is 0.0225. The normalized spacial score (nSPS) is 18.5. The predicted molar refractivity (Wildman–Crippen MR) is 82.2 cm³/mol. The fourth-order valence-corrected chi connectivity index (χ4v) is 2.58. The number of anilines is 1. The monoisotopic (exact) mass is 322 g/mol. The van der Waals surface area contributed by atoms with Crippen LogP contribution >= 0.6 is 11.6 Å². The Labute approximate surface area is 133 Å². The van der Waals surface area contributed by atoms with Crippen LogP contribution in [0.3, 0.4) is 0 Å². The van der Waals surface area contributed by atoms with Gasteiger partial charge in [-0.3, -0.25) is 0 Å². The van der Waals surface area contributed by atoms with Gasteiger partial charge in [0.1, 0.15) is 12.0 Å². The number of ether oxygens (including phenoxy) is 1. The molecule has 2 aromatic rings. The maximum absolute atomic E-state index is 12.9. The Balaban J connectivity index is 1.68. The van der Waals surface area contributed by atoms with Crippen LogP contribution in [0.1, 0.15) is 5.56 Å². The summed E-state index contributed by atoms with van der Waals surface area (Å²) in [7, 11) is 0. The van der Waals surface area contributed by atoms with Gasteiger partial charge in [-0.15, -0.1) is 0 Å². The highest BCUT2D eigenvalue weighted by atomic mass is 35.5. The van der Waals surface area contributed by atoms with E-state index < -0.39 is 5.95 Å². The van der Waals surface area contributed by atoms with E-state index in [1.807, 2.05) is 29.2 Å². The van der Waals surface area contributed by atoms with Gasteiger partial charge in [0.2, 0.25) is 5.95 Å². The number of nitrogens with zero attached hydrogens (tertiary/aromatic N) is 3. The maximum Gasteiger partial charge on any atom is 0.231 e. The van der Waals surface area contributed by atoms with Crippen molar-refractivity contribution < 1.29 is 9.13 Å². The number of rotatable bonds is 4. The van der Waals surface area contributed by atoms with Crippen molar-refractivity contribution in [3.05, 3.63) is 53.2 Å². The minimum absolute atomic E-state index is 0.188. The Morgan fingerprint density at radius 3 is 3.05 bits per heavy atom. The average molecular weight is 323 g/mol. The largest absolute Gasteiger partial charge is 0.352 e. The molecule has 3 rings (SSSR count). The SMILES string of the molecule is Fc1cnc(N2CCNCC2OCc2cccc(Cl)c2)cn1. The topological polar surface area (TPSA) is 50.3 Å². The van der Waals surface area contributed by atoms with Crippen molar-refractivity contribution in [3.63, 3.8) is 0 Å². The van der Waals surface area contributed by atoms with E-state index in [1.54, 1.807) is 0 Å². The summed E-state index contributed by atoms with van der Waals surface area (Å²) in [4.78, 5) is 9.71. The molecule has 1 aliphatic heterocycles. The van der Waals surface area contributed by atoms with Gasteiger partial charge in [-0.1, -0.05) is 23.7 Å². The van der Waals surface area contributed by atoms with E-state index in [1.165, 1.54) is 6.20 Å². The summed E-state index contributed by atoms with van der Waals surface area (Å²) >= 11 is 5.97. The molecule has 1 aromatic carbocycles. The highest BCUT2D eigenvalue weighted by molar-refractivity contribution is 6.30. The number of piperazine rings is 1. The molecule has 0 spiro atoms. The van der Waals surface area contributed by atoms with Gasteiger partial charge in [0, 0.05) is 24.7 Å². The first kappa shape index (κ1) is 15.1. The number of nitrogens with one attached hydrogen (secondary N) is 1. The zero-order valence-corrected chi connectivity index (χ0v) is 12.6. The summed E-state index contributed by atoms with van der Waals surface area (Å²) in [5, 5.41) is 3.96. The Bertz CT molecular complexity index is 625. The van der Waals surface area contributed by atoms with Crippen LogP contribution in [-0.2, 0) is 11.3 Å². The second-order valence-electron chi connectivity index (χ2n) is 4.99. The third-order valence-electron chi connectivity index (χ3n) is 3.43. The Morgan fingerprint density at radius 2 is 2.27 bits per heavy atom. The van der Waals surface area contributed by atoms with Crippen molar-refractivity contribution in [1.82, 2.24) is 15.3 Å². The molecule has 22 heavy (non-hydrogen) atoms. The molecule has 0 bridgehead atoms. The van der Waals surface area contributed by atoms with Gasteiger partial charge >= 0.3 is 0 Å². The zero-order chi connectivity index (χ0) is 15.4. The molecule has 0 saturated carbocycles. The predicted octanol–water partition coefficient (Wildman–Crippen LogP) is 2.22. The molecular formula is C15H16ClFN4O. The Morgan fingerprint density at radius 1 is 1.36 bits per heavy atom. The number of benzene rings is 1. The summed E-state index contributed by atoms with van der Waals surface area (Å²) in [6.45, 7) is 2.65. The van der Waals surface area contributed by atoms with E-state index in [4.69, 9.17) is 16.3 Å². The lowest BCUT2D eigenvalue weighted by Crippen LogP contribution is -2.53. The molecule has 0 aliphatic carbocycles. The van der Waals surface area contributed by atoms with Gasteiger partial charge in [-0.2, -0.15) is 4.39 Å². The fourth-order valence-electron chi connectivity index (χ4n) is 2.36. The molecule has 1 aliphatic rings. The van der Waals surface area contributed by atoms with Crippen molar-refractivity contribution in [2.24, 2.45) is 0 Å². The molecule has 5 nitrogen and oxygen atoms in total. The molecule has 7 heteroatoms. The summed E-state index contributed by atoms with van der Waals surface area (Å²) < 4.78 is 18.9. The molecule has 1 saturated heterocycles. The number of halogens is 2. The lowest BCUT2D eigenvalue weighted by molar-refractivity contribution is 0.0305. The van der Waals surface area contributed by atoms with Crippen molar-refractivity contribution in [2.45, 2.75) is 12.8 Å². The third kappa shape index (κ3) is 3.71. The first-order chi connectivity index (χ1) is 10.7. The smallest absolute Gasteiger partial charge is 0.231 e. The second-order valence-corrected chi connectivity index (χ2v) is 5.43. The molecule has 0 amide bonds. The molecule has 1 aromatic heterocycles. The van der Waals surface area contributed by atoms with E-state index in [-0.39, 0.29) is 6.23 Å². The van der Waals surface area contributed by atoms with Gasteiger partial charge in [0.25, 0.3) is 0 Å². The zero-order valence-electron chi connectivity index (χ0n) is 11.9. The average Bonchev–Trinajstić information content (AvgIpc) is 2.54. The van der Waals surface area contributed by atoms with Crippen molar-refractivity contribution in [2.75, 3.05) is 24.5 Å². The molecule has 1 fully saturated rings. The van der Waals surface area contributed by atoms with Gasteiger partial charge in [0.05, 0.1) is 19.0 Å². The minimum atomic E-state index is -0.588. The van der Waals surface area contributed by atoms with Crippen LogP contribution in [0, 0.1) is 5.95 Å². The van der Waals surface area contributed by atoms with Crippen molar-refractivity contribution in [1.29, 1.82) is 0 Å². The Kier molecular flexibility index (Phi) is 4.82. The van der Waals surface area contributed by atoms with E-state index in [2.05, 4.69) is 15.3 Å². The first-order valence-corrected chi connectivity index (χ1v) is 7.41. The molecule has 2 heterocycles. The quantitative estimate of drug-likeness (QED) is 0.935. The van der Waals surface area contributed by atoms with Gasteiger partial charge < -0.3 is 15.0 Å². The van der Waals surface area contributed by atoms with Crippen LogP contribution in [0.5, 0.6) is 0 Å². The van der Waals surface area contributed by atoms with E-state index >= 15 is 0 Å². The van der Waals surface area contributed by atoms with Crippen LogP contribution in [0.25, 0.3) is 0 Å². The first-order valence-electron chi connectivity index (χ1n) is 7.03. The van der Waals surface area contributed by atoms with Crippen LogP contribution in [0.2, 0.25) is 5.02 Å². The molecule has 0 radical (unpaired) electrons. The number of aromatic nitrogens is 2. The molecule has 116 valence electrons.